The van der Waals surface area contributed by atoms with Gasteiger partial charge in [-0.3, -0.25) is 0 Å². The van der Waals surface area contributed by atoms with E-state index < -0.39 is 0 Å². The Morgan fingerprint density at radius 1 is 1.18 bits per heavy atom. The van der Waals surface area contributed by atoms with Gasteiger partial charge in [-0.25, -0.2) is 0 Å². The number of hydrogen-bond acceptors (Lipinski definition) is 5. The molecular formula is C12H19N3O2. The van der Waals surface area contributed by atoms with E-state index in [1.165, 1.54) is 19.3 Å². The Labute approximate surface area is 101 Å². The van der Waals surface area contributed by atoms with Crippen molar-refractivity contribution in [3.63, 3.8) is 0 Å². The quantitative estimate of drug-likeness (QED) is 0.843. The minimum atomic E-state index is 0.0291. The lowest BCUT2D eigenvalue weighted by Crippen LogP contribution is -2.19. The Morgan fingerprint density at radius 3 is 2.88 bits per heavy atom. The van der Waals surface area contributed by atoms with Crippen LogP contribution in [-0.4, -0.2) is 29.4 Å². The van der Waals surface area contributed by atoms with Crippen LogP contribution in [0.5, 0.6) is 0 Å². The zero-order valence-electron chi connectivity index (χ0n) is 10.0. The highest BCUT2D eigenvalue weighted by atomic mass is 16.5. The van der Waals surface area contributed by atoms with Gasteiger partial charge in [-0.2, -0.15) is 0 Å². The molecule has 94 valence electrons. The minimum absolute atomic E-state index is 0.0291. The number of rotatable bonds is 5. The molecule has 1 saturated heterocycles. The van der Waals surface area contributed by atoms with E-state index >= 15 is 0 Å². The second kappa shape index (κ2) is 5.14. The van der Waals surface area contributed by atoms with E-state index in [-0.39, 0.29) is 6.10 Å². The van der Waals surface area contributed by atoms with Crippen molar-refractivity contribution in [3.05, 3.63) is 11.8 Å². The molecule has 0 radical (unpaired) electrons. The van der Waals surface area contributed by atoms with Gasteiger partial charge in [0.2, 0.25) is 11.8 Å². The van der Waals surface area contributed by atoms with Crippen molar-refractivity contribution in [1.82, 2.24) is 15.5 Å². The number of nitrogens with zero attached hydrogens (tertiary/aromatic N) is 2. The summed E-state index contributed by atoms with van der Waals surface area (Å²) in [5, 5.41) is 11.6. The van der Waals surface area contributed by atoms with Gasteiger partial charge in [0, 0.05) is 25.6 Å². The molecule has 1 atom stereocenters. The Balaban J connectivity index is 1.49. The van der Waals surface area contributed by atoms with Crippen molar-refractivity contribution in [2.75, 3.05) is 13.2 Å². The highest BCUT2D eigenvalue weighted by Crippen LogP contribution is 2.26. The summed E-state index contributed by atoms with van der Waals surface area (Å²) in [6.45, 7) is 1.74. The van der Waals surface area contributed by atoms with Gasteiger partial charge in [0.25, 0.3) is 0 Å². The van der Waals surface area contributed by atoms with Crippen molar-refractivity contribution in [2.45, 2.75) is 50.7 Å². The van der Waals surface area contributed by atoms with E-state index in [1.807, 2.05) is 0 Å². The van der Waals surface area contributed by atoms with Crippen LogP contribution in [0.4, 0.5) is 0 Å². The number of ether oxygens (including phenoxy) is 1. The smallest absolute Gasteiger partial charge is 0.245 e. The normalized spacial score (nSPS) is 25.1. The zero-order valence-corrected chi connectivity index (χ0v) is 10.0. The third kappa shape index (κ3) is 3.04. The van der Waals surface area contributed by atoms with Crippen molar-refractivity contribution >= 4 is 0 Å². The summed E-state index contributed by atoms with van der Waals surface area (Å²) < 4.78 is 11.3. The number of aromatic nitrogens is 2. The SMILES string of the molecule is C1CCC(c2nnc(CCNC3CC3)o2)OC1. The Kier molecular flexibility index (Phi) is 3.38. The fourth-order valence-corrected chi connectivity index (χ4v) is 2.10. The van der Waals surface area contributed by atoms with Crippen LogP contribution in [0.15, 0.2) is 4.42 Å². The highest BCUT2D eigenvalue weighted by molar-refractivity contribution is 4.89. The van der Waals surface area contributed by atoms with Crippen molar-refractivity contribution in [2.24, 2.45) is 0 Å². The molecule has 5 nitrogen and oxygen atoms in total. The third-order valence-corrected chi connectivity index (χ3v) is 3.29. The Bertz CT molecular complexity index is 356. The molecule has 2 fully saturated rings. The van der Waals surface area contributed by atoms with E-state index in [4.69, 9.17) is 9.15 Å². The summed E-state index contributed by atoms with van der Waals surface area (Å²) in [5.41, 5.74) is 0. The maximum absolute atomic E-state index is 5.64. The molecule has 3 rings (SSSR count). The molecular weight excluding hydrogens is 218 g/mol. The average Bonchev–Trinajstić information content (AvgIpc) is 3.07. The van der Waals surface area contributed by atoms with Crippen molar-refractivity contribution in [3.8, 4) is 0 Å². The molecule has 1 saturated carbocycles. The molecule has 0 aromatic carbocycles. The van der Waals surface area contributed by atoms with Crippen LogP contribution in [0, 0.1) is 0 Å². The molecule has 1 aromatic rings. The van der Waals surface area contributed by atoms with Gasteiger partial charge in [-0.15, -0.1) is 10.2 Å². The summed E-state index contributed by atoms with van der Waals surface area (Å²) >= 11 is 0. The van der Waals surface area contributed by atoms with Crippen molar-refractivity contribution < 1.29 is 9.15 Å². The molecule has 0 spiro atoms. The molecule has 2 heterocycles. The summed E-state index contributed by atoms with van der Waals surface area (Å²) in [7, 11) is 0. The van der Waals surface area contributed by atoms with Gasteiger partial charge in [-0.05, 0) is 32.1 Å². The fourth-order valence-electron chi connectivity index (χ4n) is 2.10. The van der Waals surface area contributed by atoms with Gasteiger partial charge in [0.1, 0.15) is 6.10 Å². The molecule has 0 amide bonds. The van der Waals surface area contributed by atoms with Gasteiger partial charge < -0.3 is 14.5 Å². The molecule has 1 aliphatic carbocycles. The molecule has 0 bridgehead atoms. The van der Waals surface area contributed by atoms with E-state index in [1.54, 1.807) is 0 Å². The summed E-state index contributed by atoms with van der Waals surface area (Å²) in [6.07, 6.45) is 6.80. The van der Waals surface area contributed by atoms with Crippen LogP contribution in [0.1, 0.15) is 50.0 Å². The average molecular weight is 237 g/mol. The zero-order chi connectivity index (χ0) is 11.5. The maximum Gasteiger partial charge on any atom is 0.245 e. The first kappa shape index (κ1) is 11.2. The van der Waals surface area contributed by atoms with Gasteiger partial charge in [-0.1, -0.05) is 0 Å². The van der Waals surface area contributed by atoms with E-state index in [0.29, 0.717) is 5.89 Å². The van der Waals surface area contributed by atoms with Crippen molar-refractivity contribution in [1.29, 1.82) is 0 Å². The monoisotopic (exact) mass is 237 g/mol. The lowest BCUT2D eigenvalue weighted by molar-refractivity contribution is -0.00210. The first-order chi connectivity index (χ1) is 8.42. The molecule has 2 aliphatic rings. The predicted molar refractivity (Wildman–Crippen MR) is 61.6 cm³/mol. The second-order valence-electron chi connectivity index (χ2n) is 4.87. The first-order valence-corrected chi connectivity index (χ1v) is 6.59. The Morgan fingerprint density at radius 2 is 2.12 bits per heavy atom. The van der Waals surface area contributed by atoms with Crippen LogP contribution in [0.3, 0.4) is 0 Å². The van der Waals surface area contributed by atoms with E-state index in [0.717, 1.165) is 44.3 Å². The third-order valence-electron chi connectivity index (χ3n) is 3.29. The predicted octanol–water partition coefficient (Wildman–Crippen LogP) is 1.61. The summed E-state index contributed by atoms with van der Waals surface area (Å²) in [5.74, 6) is 1.38. The maximum atomic E-state index is 5.64. The fraction of sp³-hybridized carbons (Fsp3) is 0.833. The lowest BCUT2D eigenvalue weighted by atomic mass is 10.1. The highest BCUT2D eigenvalue weighted by Gasteiger charge is 2.23. The van der Waals surface area contributed by atoms with Crippen LogP contribution in [0.2, 0.25) is 0 Å². The molecule has 1 aliphatic heterocycles. The van der Waals surface area contributed by atoms with E-state index in [2.05, 4.69) is 15.5 Å². The topological polar surface area (TPSA) is 60.2 Å². The molecule has 1 N–H and O–H groups in total. The molecule has 17 heavy (non-hydrogen) atoms. The molecule has 5 heteroatoms. The second-order valence-corrected chi connectivity index (χ2v) is 4.87. The van der Waals surface area contributed by atoms with Crippen LogP contribution in [-0.2, 0) is 11.2 Å². The Hall–Kier alpha value is -0.940. The van der Waals surface area contributed by atoms with Gasteiger partial charge in [0.05, 0.1) is 0 Å². The standard InChI is InChI=1S/C12H19N3O2/c1-2-8-16-10(3-1)12-15-14-11(17-12)6-7-13-9-4-5-9/h9-10,13H,1-8H2. The summed E-state index contributed by atoms with van der Waals surface area (Å²) in [6, 6.07) is 0.735. The summed E-state index contributed by atoms with van der Waals surface area (Å²) in [4.78, 5) is 0. The van der Waals surface area contributed by atoms with Crippen LogP contribution < -0.4 is 5.32 Å². The van der Waals surface area contributed by atoms with E-state index in [9.17, 15) is 0 Å². The number of nitrogens with one attached hydrogen (secondary N) is 1. The van der Waals surface area contributed by atoms with Gasteiger partial charge in [0.15, 0.2) is 0 Å². The number of hydrogen-bond donors (Lipinski definition) is 1. The molecule has 1 aromatic heterocycles. The minimum Gasteiger partial charge on any atom is -0.422 e. The first-order valence-electron chi connectivity index (χ1n) is 6.59. The van der Waals surface area contributed by atoms with Gasteiger partial charge >= 0.3 is 0 Å². The van der Waals surface area contributed by atoms with Crippen LogP contribution >= 0.6 is 0 Å². The van der Waals surface area contributed by atoms with Crippen LogP contribution in [0.25, 0.3) is 0 Å². The largest absolute Gasteiger partial charge is 0.422 e. The lowest BCUT2D eigenvalue weighted by Gasteiger charge is -2.18. The molecule has 1 unspecified atom stereocenters.